The van der Waals surface area contributed by atoms with Gasteiger partial charge in [-0.1, -0.05) is 5.92 Å². The highest BCUT2D eigenvalue weighted by molar-refractivity contribution is 5.81. The first-order valence-corrected chi connectivity index (χ1v) is 5.91. The number of aromatic nitrogens is 2. The molecule has 1 aromatic rings. The van der Waals surface area contributed by atoms with Crippen LogP contribution in [0.25, 0.3) is 0 Å². The first-order chi connectivity index (χ1) is 8.47. The minimum Gasteiger partial charge on any atom is -0.344 e. The molecule has 0 fully saturated rings. The van der Waals surface area contributed by atoms with Crippen LogP contribution in [0, 0.1) is 26.2 Å². The summed E-state index contributed by atoms with van der Waals surface area (Å²) in [7, 11) is 1.91. The summed E-state index contributed by atoms with van der Waals surface area (Å²) in [6, 6.07) is -0.280. The van der Waals surface area contributed by atoms with Crippen LogP contribution in [0.1, 0.15) is 23.9 Å². The minimum atomic E-state index is -0.280. The largest absolute Gasteiger partial charge is 0.344 e. The van der Waals surface area contributed by atoms with Crippen LogP contribution in [0.4, 0.5) is 0 Å². The summed E-state index contributed by atoms with van der Waals surface area (Å²) in [5.41, 5.74) is 3.23. The minimum absolute atomic E-state index is 0.0906. The molecule has 1 rings (SSSR count). The number of hydrogen-bond acceptors (Lipinski definition) is 3. The van der Waals surface area contributed by atoms with Crippen molar-refractivity contribution >= 4 is 5.91 Å². The Balaban J connectivity index is 2.55. The second kappa shape index (κ2) is 6.22. The molecule has 18 heavy (non-hydrogen) atoms. The van der Waals surface area contributed by atoms with Crippen LogP contribution in [0.3, 0.4) is 0 Å². The van der Waals surface area contributed by atoms with Crippen LogP contribution in [-0.2, 0) is 18.4 Å². The van der Waals surface area contributed by atoms with Crippen molar-refractivity contribution in [3.8, 4) is 12.3 Å². The maximum Gasteiger partial charge on any atom is 0.237 e. The zero-order chi connectivity index (χ0) is 13.7. The van der Waals surface area contributed by atoms with E-state index in [2.05, 4.69) is 21.7 Å². The smallest absolute Gasteiger partial charge is 0.237 e. The van der Waals surface area contributed by atoms with Crippen LogP contribution < -0.4 is 10.6 Å². The van der Waals surface area contributed by atoms with Crippen molar-refractivity contribution < 1.29 is 4.79 Å². The SMILES string of the molecule is C#CCNC(=O)C(C)NCc1c(C)nn(C)c1C. The summed E-state index contributed by atoms with van der Waals surface area (Å²) in [6.07, 6.45) is 5.09. The van der Waals surface area contributed by atoms with Crippen molar-refractivity contribution in [3.05, 3.63) is 17.0 Å². The van der Waals surface area contributed by atoms with E-state index in [1.54, 1.807) is 0 Å². The van der Waals surface area contributed by atoms with Crippen molar-refractivity contribution in [1.82, 2.24) is 20.4 Å². The summed E-state index contributed by atoms with van der Waals surface area (Å²) >= 11 is 0. The van der Waals surface area contributed by atoms with Gasteiger partial charge in [0, 0.05) is 24.8 Å². The zero-order valence-corrected chi connectivity index (χ0v) is 11.4. The molecule has 1 amide bonds. The molecular weight excluding hydrogens is 228 g/mol. The van der Waals surface area contributed by atoms with E-state index in [-0.39, 0.29) is 18.5 Å². The molecule has 2 N–H and O–H groups in total. The van der Waals surface area contributed by atoms with E-state index in [0.717, 1.165) is 17.0 Å². The molecule has 0 aromatic carbocycles. The van der Waals surface area contributed by atoms with Gasteiger partial charge in [-0.3, -0.25) is 9.48 Å². The number of rotatable bonds is 5. The number of hydrogen-bond donors (Lipinski definition) is 2. The van der Waals surface area contributed by atoms with Crippen molar-refractivity contribution in [1.29, 1.82) is 0 Å². The second-order valence-corrected chi connectivity index (χ2v) is 4.30. The second-order valence-electron chi connectivity index (χ2n) is 4.30. The Morgan fingerprint density at radius 2 is 2.22 bits per heavy atom. The van der Waals surface area contributed by atoms with E-state index >= 15 is 0 Å². The molecule has 0 aliphatic heterocycles. The van der Waals surface area contributed by atoms with E-state index in [4.69, 9.17) is 6.42 Å². The van der Waals surface area contributed by atoms with Gasteiger partial charge in [0.15, 0.2) is 0 Å². The third-order valence-electron chi connectivity index (χ3n) is 3.00. The lowest BCUT2D eigenvalue weighted by molar-refractivity contribution is -0.122. The van der Waals surface area contributed by atoms with Crippen molar-refractivity contribution in [2.24, 2.45) is 7.05 Å². The standard InChI is InChI=1S/C13H20N4O/c1-6-7-14-13(18)10(3)15-8-12-9(2)16-17(5)11(12)4/h1,10,15H,7-8H2,2-5H3,(H,14,18). The predicted octanol–water partition coefficient (Wildman–Crippen LogP) is 0.264. The van der Waals surface area contributed by atoms with E-state index < -0.39 is 0 Å². The Morgan fingerprint density at radius 1 is 1.56 bits per heavy atom. The number of carbonyl (C=O) groups is 1. The molecule has 5 nitrogen and oxygen atoms in total. The highest BCUT2D eigenvalue weighted by atomic mass is 16.2. The number of nitrogens with one attached hydrogen (secondary N) is 2. The Hall–Kier alpha value is -1.80. The fourth-order valence-electron chi connectivity index (χ4n) is 1.71. The first-order valence-electron chi connectivity index (χ1n) is 5.91. The summed E-state index contributed by atoms with van der Waals surface area (Å²) in [5, 5.41) is 10.1. The fourth-order valence-corrected chi connectivity index (χ4v) is 1.71. The monoisotopic (exact) mass is 248 g/mol. The normalized spacial score (nSPS) is 11.9. The molecular formula is C13H20N4O. The summed E-state index contributed by atoms with van der Waals surface area (Å²) in [4.78, 5) is 11.6. The van der Waals surface area contributed by atoms with Crippen LogP contribution in [0.2, 0.25) is 0 Å². The summed E-state index contributed by atoms with van der Waals surface area (Å²) in [6.45, 7) is 6.67. The maximum atomic E-state index is 11.6. The van der Waals surface area contributed by atoms with Crippen molar-refractivity contribution in [2.75, 3.05) is 6.54 Å². The number of aryl methyl sites for hydroxylation is 2. The van der Waals surface area contributed by atoms with Crippen molar-refractivity contribution in [3.63, 3.8) is 0 Å². The fraction of sp³-hybridized carbons (Fsp3) is 0.538. The van der Waals surface area contributed by atoms with Gasteiger partial charge in [0.1, 0.15) is 0 Å². The molecule has 0 saturated heterocycles. The Bertz CT molecular complexity index is 470. The van der Waals surface area contributed by atoms with Crippen LogP contribution in [-0.4, -0.2) is 28.3 Å². The van der Waals surface area contributed by atoms with E-state index in [9.17, 15) is 4.79 Å². The molecule has 1 atom stereocenters. The van der Waals surface area contributed by atoms with Gasteiger partial charge in [0.2, 0.25) is 5.91 Å². The van der Waals surface area contributed by atoms with Crippen LogP contribution in [0.5, 0.6) is 0 Å². The molecule has 1 aromatic heterocycles. The molecule has 0 aliphatic carbocycles. The van der Waals surface area contributed by atoms with Gasteiger partial charge in [-0.2, -0.15) is 5.10 Å². The third kappa shape index (κ3) is 3.34. The Morgan fingerprint density at radius 3 is 2.72 bits per heavy atom. The van der Waals surface area contributed by atoms with Gasteiger partial charge in [-0.25, -0.2) is 0 Å². The molecule has 0 saturated carbocycles. The van der Waals surface area contributed by atoms with Crippen LogP contribution >= 0.6 is 0 Å². The molecule has 0 bridgehead atoms. The Labute approximate surface area is 108 Å². The molecule has 98 valence electrons. The van der Waals surface area contributed by atoms with Gasteiger partial charge < -0.3 is 10.6 Å². The molecule has 1 heterocycles. The van der Waals surface area contributed by atoms with E-state index in [1.165, 1.54) is 0 Å². The van der Waals surface area contributed by atoms with Gasteiger partial charge in [0.25, 0.3) is 0 Å². The summed E-state index contributed by atoms with van der Waals surface area (Å²) in [5.74, 6) is 2.29. The average Bonchev–Trinajstić information content (AvgIpc) is 2.58. The highest BCUT2D eigenvalue weighted by Gasteiger charge is 2.14. The van der Waals surface area contributed by atoms with Gasteiger partial charge in [-0.05, 0) is 20.8 Å². The van der Waals surface area contributed by atoms with Gasteiger partial charge >= 0.3 is 0 Å². The quantitative estimate of drug-likeness (QED) is 0.735. The lowest BCUT2D eigenvalue weighted by Gasteiger charge is -2.13. The van der Waals surface area contributed by atoms with Crippen molar-refractivity contribution in [2.45, 2.75) is 33.4 Å². The maximum absolute atomic E-state index is 11.6. The molecule has 0 aliphatic rings. The lowest BCUT2D eigenvalue weighted by atomic mass is 10.2. The third-order valence-corrected chi connectivity index (χ3v) is 3.00. The predicted molar refractivity (Wildman–Crippen MR) is 70.8 cm³/mol. The number of amides is 1. The van der Waals surface area contributed by atoms with Gasteiger partial charge in [-0.15, -0.1) is 6.42 Å². The number of terminal acetylenes is 1. The van der Waals surface area contributed by atoms with E-state index in [0.29, 0.717) is 6.54 Å². The zero-order valence-electron chi connectivity index (χ0n) is 11.4. The summed E-state index contributed by atoms with van der Waals surface area (Å²) < 4.78 is 1.84. The number of carbonyl (C=O) groups excluding carboxylic acids is 1. The first kappa shape index (κ1) is 14.3. The van der Waals surface area contributed by atoms with Crippen LogP contribution in [0.15, 0.2) is 0 Å². The Kier molecular flexibility index (Phi) is 4.93. The molecule has 0 spiro atoms. The van der Waals surface area contributed by atoms with Gasteiger partial charge in [0.05, 0.1) is 18.3 Å². The number of nitrogens with zero attached hydrogens (tertiary/aromatic N) is 2. The molecule has 5 heteroatoms. The van der Waals surface area contributed by atoms with E-state index in [1.807, 2.05) is 32.5 Å². The topological polar surface area (TPSA) is 59.0 Å². The molecule has 1 unspecified atom stereocenters. The average molecular weight is 248 g/mol. The molecule has 0 radical (unpaired) electrons. The lowest BCUT2D eigenvalue weighted by Crippen LogP contribution is -2.42. The highest BCUT2D eigenvalue weighted by Crippen LogP contribution is 2.11.